The summed E-state index contributed by atoms with van der Waals surface area (Å²) in [5.41, 5.74) is 2.06. The lowest BCUT2D eigenvalue weighted by Crippen LogP contribution is -2.61. The highest BCUT2D eigenvalue weighted by atomic mass is 35.5. The number of hydrogen-bond donors (Lipinski definition) is 0. The second-order valence-corrected chi connectivity index (χ2v) is 10.6. The molecule has 2 aromatic rings. The topological polar surface area (TPSA) is 42.0 Å². The molecule has 4 atom stereocenters. The summed E-state index contributed by atoms with van der Waals surface area (Å²) in [7, 11) is 7.61. The van der Waals surface area contributed by atoms with Crippen LogP contribution in [0.25, 0.3) is 0 Å². The zero-order valence-electron chi connectivity index (χ0n) is 20.4. The molecule has 1 saturated heterocycles. The molecule has 184 valence electrons. The number of halogens is 2. The van der Waals surface area contributed by atoms with E-state index in [9.17, 15) is 4.79 Å². The molecule has 1 unspecified atom stereocenters. The van der Waals surface area contributed by atoms with Gasteiger partial charge in [0, 0.05) is 38.1 Å². The van der Waals surface area contributed by atoms with Crippen molar-refractivity contribution < 1.29 is 14.3 Å². The smallest absolute Gasteiger partial charge is 0.226 e. The summed E-state index contributed by atoms with van der Waals surface area (Å²) >= 11 is 12.2. The maximum Gasteiger partial charge on any atom is 0.226 e. The Bertz CT molecular complexity index is 1030. The van der Waals surface area contributed by atoms with Gasteiger partial charge in [0.05, 0.1) is 29.7 Å². The fourth-order valence-electron chi connectivity index (χ4n) is 5.96. The molecule has 2 aromatic carbocycles. The van der Waals surface area contributed by atoms with E-state index >= 15 is 0 Å². The standard InChI is InChI=1S/C27H34Cl2N2O3/c1-30-11-10-27(19-6-5-7-21(14-19)33-3)16-20(15-25(34-4)22(27)17-30)31(2)26(32)13-18-8-9-23(28)24(29)12-18/h5-9,12,14,20,22,25H,10-11,13,15-17H2,1-4H3/t20-,22+,25?,27+/m1/s1. The van der Waals surface area contributed by atoms with E-state index in [-0.39, 0.29) is 23.5 Å². The Morgan fingerprint density at radius 2 is 1.97 bits per heavy atom. The minimum atomic E-state index is -0.0806. The molecule has 1 aliphatic heterocycles. The lowest BCUT2D eigenvalue weighted by molar-refractivity contribution is -0.136. The Hall–Kier alpha value is -1.79. The first kappa shape index (κ1) is 25.3. The lowest BCUT2D eigenvalue weighted by atomic mass is 9.56. The van der Waals surface area contributed by atoms with Crippen LogP contribution in [0, 0.1) is 5.92 Å². The van der Waals surface area contributed by atoms with E-state index in [4.69, 9.17) is 32.7 Å². The number of methoxy groups -OCH3 is 2. The molecule has 1 saturated carbocycles. The number of hydrogen-bond acceptors (Lipinski definition) is 4. The zero-order chi connectivity index (χ0) is 24.5. The van der Waals surface area contributed by atoms with Gasteiger partial charge in [0.1, 0.15) is 5.75 Å². The molecule has 7 heteroatoms. The number of fused-ring (bicyclic) bond motifs is 1. The van der Waals surface area contributed by atoms with Crippen molar-refractivity contribution in [3.8, 4) is 5.75 Å². The number of carbonyl (C=O) groups excluding carboxylic acids is 1. The van der Waals surface area contributed by atoms with Crippen molar-refractivity contribution in [1.29, 1.82) is 0 Å². The molecule has 4 rings (SSSR count). The van der Waals surface area contributed by atoms with Crippen LogP contribution in [-0.4, -0.2) is 69.3 Å². The van der Waals surface area contributed by atoms with Crippen LogP contribution in [0.3, 0.4) is 0 Å². The number of amides is 1. The van der Waals surface area contributed by atoms with E-state index in [1.807, 2.05) is 24.1 Å². The second kappa shape index (κ2) is 10.4. The molecule has 34 heavy (non-hydrogen) atoms. The highest BCUT2D eigenvalue weighted by molar-refractivity contribution is 6.42. The average Bonchev–Trinajstić information content (AvgIpc) is 2.85. The first-order chi connectivity index (χ1) is 16.3. The van der Waals surface area contributed by atoms with Crippen LogP contribution in [0.4, 0.5) is 0 Å². The second-order valence-electron chi connectivity index (χ2n) is 9.80. The number of benzene rings is 2. The van der Waals surface area contributed by atoms with Gasteiger partial charge in [-0.25, -0.2) is 0 Å². The summed E-state index contributed by atoms with van der Waals surface area (Å²) in [6.07, 6.45) is 3.10. The van der Waals surface area contributed by atoms with Crippen LogP contribution in [0.1, 0.15) is 30.4 Å². The Kier molecular flexibility index (Phi) is 7.78. The molecule has 0 N–H and O–H groups in total. The maximum absolute atomic E-state index is 13.3. The van der Waals surface area contributed by atoms with Gasteiger partial charge in [0.25, 0.3) is 0 Å². The number of ether oxygens (including phenoxy) is 2. The van der Waals surface area contributed by atoms with Crippen LogP contribution in [0.2, 0.25) is 10.0 Å². The van der Waals surface area contributed by atoms with Crippen molar-refractivity contribution in [2.75, 3.05) is 41.4 Å². The van der Waals surface area contributed by atoms with Crippen LogP contribution >= 0.6 is 23.2 Å². The van der Waals surface area contributed by atoms with Crippen molar-refractivity contribution in [3.63, 3.8) is 0 Å². The van der Waals surface area contributed by atoms with Crippen LogP contribution in [0.15, 0.2) is 42.5 Å². The van der Waals surface area contributed by atoms with Crippen LogP contribution in [0.5, 0.6) is 5.75 Å². The van der Waals surface area contributed by atoms with Gasteiger partial charge in [-0.05, 0) is 68.2 Å². The predicted octanol–water partition coefficient (Wildman–Crippen LogP) is 5.07. The number of piperidine rings is 1. The predicted molar refractivity (Wildman–Crippen MR) is 137 cm³/mol. The quantitative estimate of drug-likeness (QED) is 0.550. The average molecular weight is 505 g/mol. The summed E-state index contributed by atoms with van der Waals surface area (Å²) in [6.45, 7) is 1.99. The van der Waals surface area contributed by atoms with Gasteiger partial charge < -0.3 is 19.3 Å². The third-order valence-corrected chi connectivity index (χ3v) is 8.68. The SMILES string of the molecule is COc1cccc([C@@]23CCN(C)C[C@H]2C(OC)C[C@@H](N(C)C(=O)Cc2ccc(Cl)c(Cl)c2)C3)c1. The van der Waals surface area contributed by atoms with E-state index in [1.165, 1.54) is 5.56 Å². The lowest BCUT2D eigenvalue weighted by Gasteiger charge is -2.56. The summed E-state index contributed by atoms with van der Waals surface area (Å²) in [6, 6.07) is 13.9. The molecule has 0 bridgehead atoms. The van der Waals surface area contributed by atoms with E-state index in [2.05, 4.69) is 30.1 Å². The summed E-state index contributed by atoms with van der Waals surface area (Å²) in [5, 5.41) is 0.966. The Balaban J connectivity index is 1.63. The first-order valence-electron chi connectivity index (χ1n) is 11.8. The van der Waals surface area contributed by atoms with Gasteiger partial charge >= 0.3 is 0 Å². The summed E-state index contributed by atoms with van der Waals surface area (Å²) in [5.74, 6) is 1.29. The third kappa shape index (κ3) is 4.94. The largest absolute Gasteiger partial charge is 0.497 e. The monoisotopic (exact) mass is 504 g/mol. The molecular weight excluding hydrogens is 471 g/mol. The summed E-state index contributed by atoms with van der Waals surface area (Å²) in [4.78, 5) is 17.7. The number of rotatable bonds is 6. The van der Waals surface area contributed by atoms with E-state index < -0.39 is 0 Å². The maximum atomic E-state index is 13.3. The van der Waals surface area contributed by atoms with Crippen molar-refractivity contribution >= 4 is 29.1 Å². The Morgan fingerprint density at radius 3 is 2.68 bits per heavy atom. The molecule has 5 nitrogen and oxygen atoms in total. The Morgan fingerprint density at radius 1 is 1.18 bits per heavy atom. The van der Waals surface area contributed by atoms with E-state index in [0.717, 1.165) is 43.7 Å². The van der Waals surface area contributed by atoms with Crippen LogP contribution < -0.4 is 4.74 Å². The van der Waals surface area contributed by atoms with Crippen molar-refractivity contribution in [3.05, 3.63) is 63.6 Å². The Labute approximate surface area is 212 Å². The molecule has 0 spiro atoms. The van der Waals surface area contributed by atoms with Crippen LogP contribution in [-0.2, 0) is 21.4 Å². The van der Waals surface area contributed by atoms with Crippen molar-refractivity contribution in [1.82, 2.24) is 9.80 Å². The van der Waals surface area contributed by atoms with Gasteiger partial charge in [-0.2, -0.15) is 0 Å². The third-order valence-electron chi connectivity index (χ3n) is 7.94. The molecule has 1 heterocycles. The van der Waals surface area contributed by atoms with Gasteiger partial charge in [0.15, 0.2) is 0 Å². The highest BCUT2D eigenvalue weighted by Crippen LogP contribution is 2.51. The molecule has 2 aliphatic rings. The van der Waals surface area contributed by atoms with E-state index in [1.54, 1.807) is 26.4 Å². The number of carbonyl (C=O) groups is 1. The molecule has 1 aliphatic carbocycles. The minimum absolute atomic E-state index is 0.0629. The fraction of sp³-hybridized carbons (Fsp3) is 0.519. The summed E-state index contributed by atoms with van der Waals surface area (Å²) < 4.78 is 11.7. The fourth-order valence-corrected chi connectivity index (χ4v) is 6.28. The molecule has 1 amide bonds. The zero-order valence-corrected chi connectivity index (χ0v) is 21.9. The molecule has 0 radical (unpaired) electrons. The molecular formula is C27H34Cl2N2O3. The minimum Gasteiger partial charge on any atom is -0.497 e. The van der Waals surface area contributed by atoms with Crippen molar-refractivity contribution in [2.24, 2.45) is 5.92 Å². The first-order valence-corrected chi connectivity index (χ1v) is 12.6. The van der Waals surface area contributed by atoms with Crippen molar-refractivity contribution in [2.45, 2.75) is 43.2 Å². The molecule has 2 fully saturated rings. The number of nitrogens with zero attached hydrogens (tertiary/aromatic N) is 2. The normalized spacial score (nSPS) is 27.2. The van der Waals surface area contributed by atoms with E-state index in [0.29, 0.717) is 22.4 Å². The number of likely N-dealkylation sites (N-methyl/N-ethyl adjacent to an activating group) is 1. The van der Waals surface area contributed by atoms with Gasteiger partial charge in [-0.3, -0.25) is 4.79 Å². The van der Waals surface area contributed by atoms with Gasteiger partial charge in [-0.1, -0.05) is 41.4 Å². The number of likely N-dealkylation sites (tertiary alicyclic amines) is 1. The van der Waals surface area contributed by atoms with Gasteiger partial charge in [0.2, 0.25) is 5.91 Å². The van der Waals surface area contributed by atoms with Gasteiger partial charge in [-0.15, -0.1) is 0 Å². The highest BCUT2D eigenvalue weighted by Gasteiger charge is 2.53. The molecule has 0 aromatic heterocycles.